The van der Waals surface area contributed by atoms with Crippen LogP contribution in [0.4, 0.5) is 0 Å². The highest BCUT2D eigenvalue weighted by Crippen LogP contribution is 2.41. The van der Waals surface area contributed by atoms with Crippen LogP contribution in [0.25, 0.3) is 47.8 Å². The number of thiophene rings is 1. The molecule has 6 aromatic rings. The van der Waals surface area contributed by atoms with Crippen molar-refractivity contribution in [2.24, 2.45) is 0 Å². The second-order valence-corrected chi connectivity index (χ2v) is 7.41. The van der Waals surface area contributed by atoms with Gasteiger partial charge in [-0.3, -0.25) is 9.97 Å². The van der Waals surface area contributed by atoms with E-state index in [-0.39, 0.29) is 0 Å². The van der Waals surface area contributed by atoms with Crippen LogP contribution in [-0.2, 0) is 0 Å². The number of nitrogens with zero attached hydrogens (tertiary/aromatic N) is 3. The number of aromatic nitrogens is 3. The largest absolute Gasteiger partial charge is 0.306 e. The van der Waals surface area contributed by atoms with Gasteiger partial charge in [0, 0.05) is 27.1 Å². The topological polar surface area (TPSA) is 30.7 Å². The molecule has 0 N–H and O–H groups in total. The first kappa shape index (κ1) is 14.0. The van der Waals surface area contributed by atoms with Crippen molar-refractivity contribution < 1.29 is 0 Å². The molecule has 0 aliphatic carbocycles. The first-order chi connectivity index (χ1) is 12.9. The number of pyridine rings is 2. The van der Waals surface area contributed by atoms with Crippen molar-refractivity contribution in [2.45, 2.75) is 0 Å². The maximum atomic E-state index is 4.85. The van der Waals surface area contributed by atoms with E-state index in [1.165, 1.54) is 31.1 Å². The van der Waals surface area contributed by atoms with E-state index in [1.54, 1.807) is 6.20 Å². The van der Waals surface area contributed by atoms with Gasteiger partial charge in [-0.1, -0.05) is 36.4 Å². The molecule has 0 fully saturated rings. The summed E-state index contributed by atoms with van der Waals surface area (Å²) in [5.41, 5.74) is 4.45. The first-order valence-electron chi connectivity index (χ1n) is 8.51. The van der Waals surface area contributed by atoms with Gasteiger partial charge in [0.15, 0.2) is 0 Å². The molecule has 4 aromatic heterocycles. The molecule has 0 unspecified atom stereocenters. The van der Waals surface area contributed by atoms with Crippen molar-refractivity contribution in [3.8, 4) is 5.69 Å². The molecule has 6 rings (SSSR count). The lowest BCUT2D eigenvalue weighted by atomic mass is 10.1. The fraction of sp³-hybridized carbons (Fsp3) is 0. The molecule has 0 saturated carbocycles. The third-order valence-corrected chi connectivity index (χ3v) is 6.11. The predicted octanol–water partition coefficient (Wildman–Crippen LogP) is 5.94. The zero-order valence-corrected chi connectivity index (χ0v) is 14.6. The Hall–Kier alpha value is -3.24. The zero-order valence-electron chi connectivity index (χ0n) is 13.8. The molecule has 0 aliphatic heterocycles. The van der Waals surface area contributed by atoms with Crippen molar-refractivity contribution in [3.05, 3.63) is 79.3 Å². The molecule has 0 bridgehead atoms. The highest BCUT2D eigenvalue weighted by atomic mass is 32.1. The molecule has 0 amide bonds. The molecule has 0 atom stereocenters. The molecule has 122 valence electrons. The summed E-state index contributed by atoms with van der Waals surface area (Å²) >= 11 is 1.82. The Balaban J connectivity index is 1.89. The quantitative estimate of drug-likeness (QED) is 0.367. The van der Waals surface area contributed by atoms with Gasteiger partial charge in [-0.15, -0.1) is 11.3 Å². The normalized spacial score (nSPS) is 11.8. The third kappa shape index (κ3) is 1.77. The van der Waals surface area contributed by atoms with E-state index < -0.39 is 0 Å². The van der Waals surface area contributed by atoms with Gasteiger partial charge in [-0.2, -0.15) is 0 Å². The molecule has 4 heteroatoms. The highest BCUT2D eigenvalue weighted by Gasteiger charge is 2.17. The third-order valence-electron chi connectivity index (χ3n) is 4.93. The second-order valence-electron chi connectivity index (χ2n) is 6.36. The average Bonchev–Trinajstić information content (AvgIpc) is 3.24. The summed E-state index contributed by atoms with van der Waals surface area (Å²) in [6.07, 6.45) is 5.71. The Morgan fingerprint density at radius 2 is 1.62 bits per heavy atom. The van der Waals surface area contributed by atoms with Gasteiger partial charge in [0.2, 0.25) is 0 Å². The fourth-order valence-corrected chi connectivity index (χ4v) is 5.06. The van der Waals surface area contributed by atoms with E-state index in [2.05, 4.69) is 64.1 Å². The van der Waals surface area contributed by atoms with Crippen molar-refractivity contribution >= 4 is 53.4 Å². The maximum absolute atomic E-state index is 4.85. The van der Waals surface area contributed by atoms with Crippen LogP contribution >= 0.6 is 11.3 Å². The standard InChI is InChI=1S/C22H13N3S/c1-3-9-17-15(7-1)20-18(25(17)14-6-5-11-23-12-14)13-24-21-16-8-2-4-10-19(16)26-22(20)21/h1-13H. The van der Waals surface area contributed by atoms with Gasteiger partial charge in [-0.25, -0.2) is 0 Å². The van der Waals surface area contributed by atoms with Gasteiger partial charge in [0.25, 0.3) is 0 Å². The first-order valence-corrected chi connectivity index (χ1v) is 9.33. The Morgan fingerprint density at radius 3 is 2.50 bits per heavy atom. The molecular weight excluding hydrogens is 338 g/mol. The number of fused-ring (bicyclic) bond motifs is 7. The second kappa shape index (κ2) is 5.13. The van der Waals surface area contributed by atoms with Crippen LogP contribution in [0, 0.1) is 0 Å². The number of hydrogen-bond donors (Lipinski definition) is 0. The molecule has 0 saturated heterocycles. The van der Waals surface area contributed by atoms with Gasteiger partial charge < -0.3 is 4.57 Å². The van der Waals surface area contributed by atoms with Crippen LogP contribution in [0.1, 0.15) is 0 Å². The molecule has 3 nitrogen and oxygen atoms in total. The summed E-state index contributed by atoms with van der Waals surface area (Å²) in [7, 11) is 0. The molecular formula is C22H13N3S. The molecule has 0 spiro atoms. The van der Waals surface area contributed by atoms with E-state index in [4.69, 9.17) is 4.98 Å². The lowest BCUT2D eigenvalue weighted by Crippen LogP contribution is -1.94. The minimum atomic E-state index is 1.06. The van der Waals surface area contributed by atoms with Crippen LogP contribution in [0.2, 0.25) is 0 Å². The Bertz CT molecular complexity index is 1430. The zero-order chi connectivity index (χ0) is 17.1. The summed E-state index contributed by atoms with van der Waals surface area (Å²) in [5, 5.41) is 3.76. The van der Waals surface area contributed by atoms with Gasteiger partial charge in [-0.05, 0) is 24.3 Å². The van der Waals surface area contributed by atoms with Crippen LogP contribution in [0.3, 0.4) is 0 Å². The highest BCUT2D eigenvalue weighted by molar-refractivity contribution is 7.26. The molecule has 0 radical (unpaired) electrons. The Morgan fingerprint density at radius 1 is 0.769 bits per heavy atom. The Labute approximate surface area is 153 Å². The maximum Gasteiger partial charge on any atom is 0.0896 e. The molecule has 2 aromatic carbocycles. The lowest BCUT2D eigenvalue weighted by molar-refractivity contribution is 1.14. The Kier molecular flexibility index (Phi) is 2.76. The summed E-state index contributed by atoms with van der Waals surface area (Å²) in [6, 6.07) is 21.1. The monoisotopic (exact) mass is 351 g/mol. The average molecular weight is 351 g/mol. The van der Waals surface area contributed by atoms with Crippen LogP contribution in [0.15, 0.2) is 79.3 Å². The van der Waals surface area contributed by atoms with E-state index in [1.807, 2.05) is 29.8 Å². The molecule has 0 aliphatic rings. The summed E-state index contributed by atoms with van der Waals surface area (Å²) in [6.45, 7) is 0. The van der Waals surface area contributed by atoms with Gasteiger partial charge >= 0.3 is 0 Å². The molecule has 4 heterocycles. The number of benzene rings is 2. The minimum Gasteiger partial charge on any atom is -0.306 e. The summed E-state index contributed by atoms with van der Waals surface area (Å²) in [4.78, 5) is 9.16. The number of hydrogen-bond acceptors (Lipinski definition) is 3. The van der Waals surface area contributed by atoms with Crippen molar-refractivity contribution in [1.29, 1.82) is 0 Å². The van der Waals surface area contributed by atoms with Crippen LogP contribution in [-0.4, -0.2) is 14.5 Å². The van der Waals surface area contributed by atoms with E-state index in [0.717, 1.165) is 16.7 Å². The van der Waals surface area contributed by atoms with E-state index in [9.17, 15) is 0 Å². The van der Waals surface area contributed by atoms with E-state index in [0.29, 0.717) is 0 Å². The van der Waals surface area contributed by atoms with Gasteiger partial charge in [0.1, 0.15) is 0 Å². The fourth-order valence-electron chi connectivity index (χ4n) is 3.84. The van der Waals surface area contributed by atoms with Crippen molar-refractivity contribution in [2.75, 3.05) is 0 Å². The van der Waals surface area contributed by atoms with Gasteiger partial charge in [0.05, 0.1) is 39.3 Å². The lowest BCUT2D eigenvalue weighted by Gasteiger charge is -2.06. The van der Waals surface area contributed by atoms with Crippen LogP contribution < -0.4 is 0 Å². The van der Waals surface area contributed by atoms with E-state index >= 15 is 0 Å². The summed E-state index contributed by atoms with van der Waals surface area (Å²) < 4.78 is 4.79. The number of rotatable bonds is 1. The summed E-state index contributed by atoms with van der Waals surface area (Å²) in [5.74, 6) is 0. The SMILES string of the molecule is c1cncc(-n2c3ccccc3c3c4sc5ccccc5c4ncc32)c1. The van der Waals surface area contributed by atoms with Crippen molar-refractivity contribution in [1.82, 2.24) is 14.5 Å². The van der Waals surface area contributed by atoms with Crippen LogP contribution in [0.5, 0.6) is 0 Å². The number of para-hydroxylation sites is 1. The predicted molar refractivity (Wildman–Crippen MR) is 109 cm³/mol. The smallest absolute Gasteiger partial charge is 0.0896 e. The van der Waals surface area contributed by atoms with Crippen molar-refractivity contribution in [3.63, 3.8) is 0 Å². The minimum absolute atomic E-state index is 1.06. The molecule has 26 heavy (non-hydrogen) atoms.